The fourth-order valence-corrected chi connectivity index (χ4v) is 5.41. The van der Waals surface area contributed by atoms with E-state index in [0.29, 0.717) is 13.2 Å². The maximum atomic E-state index is 13.1. The molecule has 4 aromatic rings. The van der Waals surface area contributed by atoms with Gasteiger partial charge in [0.05, 0.1) is 20.1 Å². The number of carbonyl (C=O) groups is 1. The lowest BCUT2D eigenvalue weighted by Gasteiger charge is -2.37. The lowest BCUT2D eigenvalue weighted by atomic mass is 9.90. The van der Waals surface area contributed by atoms with Crippen molar-refractivity contribution in [1.29, 1.82) is 0 Å². The minimum atomic E-state index is -0.214. The number of nitrogens with zero attached hydrogens (tertiary/aromatic N) is 1. The van der Waals surface area contributed by atoms with Crippen molar-refractivity contribution < 1.29 is 14.3 Å². The smallest absolute Gasteiger partial charge is 0.307 e. The van der Waals surface area contributed by atoms with E-state index in [2.05, 4.69) is 105 Å². The molecule has 0 heterocycles. The Labute approximate surface area is 233 Å². The van der Waals surface area contributed by atoms with E-state index in [9.17, 15) is 4.79 Å². The van der Waals surface area contributed by atoms with Gasteiger partial charge in [0.1, 0.15) is 5.75 Å². The van der Waals surface area contributed by atoms with Gasteiger partial charge in [-0.2, -0.15) is 0 Å². The van der Waals surface area contributed by atoms with Crippen LogP contribution < -0.4 is 4.74 Å². The van der Waals surface area contributed by atoms with Gasteiger partial charge in [0.15, 0.2) is 0 Å². The van der Waals surface area contributed by atoms with Gasteiger partial charge in [-0.15, -0.1) is 0 Å². The molecule has 4 heteroatoms. The van der Waals surface area contributed by atoms with Crippen LogP contribution in [0.2, 0.25) is 0 Å². The Bertz CT molecular complexity index is 1350. The van der Waals surface area contributed by atoms with E-state index in [1.54, 1.807) is 7.11 Å². The summed E-state index contributed by atoms with van der Waals surface area (Å²) in [6.45, 7) is 9.37. The van der Waals surface area contributed by atoms with E-state index in [1.807, 2.05) is 25.1 Å². The largest absolute Gasteiger partial charge is 0.496 e. The molecule has 2 unspecified atom stereocenters. The predicted molar refractivity (Wildman–Crippen MR) is 159 cm³/mol. The molecule has 0 saturated carbocycles. The van der Waals surface area contributed by atoms with Crippen molar-refractivity contribution in [3.63, 3.8) is 0 Å². The Balaban J connectivity index is 1.88. The second-order valence-electron chi connectivity index (χ2n) is 10.00. The Morgan fingerprint density at radius 3 is 2.08 bits per heavy atom. The van der Waals surface area contributed by atoms with Crippen LogP contribution in [-0.2, 0) is 16.1 Å². The van der Waals surface area contributed by atoms with Crippen molar-refractivity contribution in [2.45, 2.75) is 52.7 Å². The van der Waals surface area contributed by atoms with E-state index in [1.165, 1.54) is 22.3 Å². The van der Waals surface area contributed by atoms with E-state index in [4.69, 9.17) is 9.47 Å². The van der Waals surface area contributed by atoms with Crippen LogP contribution in [0.4, 0.5) is 0 Å². The molecular formula is C35H39NO3. The monoisotopic (exact) mass is 521 g/mol. The first-order valence-corrected chi connectivity index (χ1v) is 13.7. The van der Waals surface area contributed by atoms with Crippen LogP contribution in [0.1, 0.15) is 60.2 Å². The van der Waals surface area contributed by atoms with Gasteiger partial charge in [-0.3, -0.25) is 9.69 Å². The van der Waals surface area contributed by atoms with Gasteiger partial charge in [-0.05, 0) is 73.2 Å². The van der Waals surface area contributed by atoms with Gasteiger partial charge >= 0.3 is 5.97 Å². The Morgan fingerprint density at radius 2 is 1.46 bits per heavy atom. The van der Waals surface area contributed by atoms with E-state index >= 15 is 0 Å². The molecule has 0 radical (unpaired) electrons. The molecule has 0 bridgehead atoms. The summed E-state index contributed by atoms with van der Waals surface area (Å²) in [6.07, 6.45) is 0.246. The van der Waals surface area contributed by atoms with Crippen LogP contribution in [0.5, 0.6) is 5.75 Å². The third kappa shape index (κ3) is 6.76. The van der Waals surface area contributed by atoms with Gasteiger partial charge < -0.3 is 9.47 Å². The highest BCUT2D eigenvalue weighted by atomic mass is 16.5. The number of hydrogen-bond donors (Lipinski definition) is 0. The molecule has 2 atom stereocenters. The second-order valence-corrected chi connectivity index (χ2v) is 10.00. The summed E-state index contributed by atoms with van der Waals surface area (Å²) in [7, 11) is 1.71. The van der Waals surface area contributed by atoms with Crippen LogP contribution >= 0.6 is 0 Å². The molecule has 0 spiro atoms. The van der Waals surface area contributed by atoms with Gasteiger partial charge in [-0.25, -0.2) is 0 Å². The van der Waals surface area contributed by atoms with Crippen molar-refractivity contribution in [2.24, 2.45) is 0 Å². The van der Waals surface area contributed by atoms with Crippen LogP contribution in [0.25, 0.3) is 11.1 Å². The summed E-state index contributed by atoms with van der Waals surface area (Å²) in [5, 5.41) is 0. The molecule has 4 rings (SSSR count). The Hall–Kier alpha value is -3.89. The number of hydrogen-bond acceptors (Lipinski definition) is 4. The number of methoxy groups -OCH3 is 1. The molecule has 0 fully saturated rings. The first kappa shape index (κ1) is 28.1. The Morgan fingerprint density at radius 1 is 0.821 bits per heavy atom. The number of ether oxygens (including phenoxy) is 2. The summed E-state index contributed by atoms with van der Waals surface area (Å²) in [5.74, 6) is 0.613. The molecular weight excluding hydrogens is 482 g/mol. The summed E-state index contributed by atoms with van der Waals surface area (Å²) in [5.41, 5.74) is 8.02. The molecule has 0 amide bonds. The molecule has 0 aliphatic heterocycles. The zero-order valence-corrected chi connectivity index (χ0v) is 23.7. The minimum absolute atomic E-state index is 0.0524. The average Bonchev–Trinajstić information content (AvgIpc) is 2.95. The Kier molecular flexibility index (Phi) is 9.56. The number of benzene rings is 4. The first-order valence-electron chi connectivity index (χ1n) is 13.7. The van der Waals surface area contributed by atoms with Gasteiger partial charge in [-0.1, -0.05) is 84.9 Å². The quantitative estimate of drug-likeness (QED) is 0.186. The van der Waals surface area contributed by atoms with Gasteiger partial charge in [0.25, 0.3) is 0 Å². The summed E-state index contributed by atoms with van der Waals surface area (Å²) in [4.78, 5) is 15.5. The van der Waals surface area contributed by atoms with Crippen LogP contribution in [0.3, 0.4) is 0 Å². The van der Waals surface area contributed by atoms with Crippen LogP contribution in [-0.4, -0.2) is 24.6 Å². The van der Waals surface area contributed by atoms with E-state index in [-0.39, 0.29) is 24.5 Å². The summed E-state index contributed by atoms with van der Waals surface area (Å²) >= 11 is 0. The summed E-state index contributed by atoms with van der Waals surface area (Å²) in [6, 6.07) is 33.4. The van der Waals surface area contributed by atoms with E-state index in [0.717, 1.165) is 22.4 Å². The number of esters is 1. The molecule has 0 saturated heterocycles. The topological polar surface area (TPSA) is 38.8 Å². The third-order valence-corrected chi connectivity index (χ3v) is 7.41. The normalized spacial score (nSPS) is 12.7. The lowest BCUT2D eigenvalue weighted by Crippen LogP contribution is -2.33. The van der Waals surface area contributed by atoms with Crippen molar-refractivity contribution in [3.8, 4) is 16.9 Å². The zero-order valence-electron chi connectivity index (χ0n) is 23.7. The second kappa shape index (κ2) is 13.3. The number of rotatable bonds is 11. The zero-order chi connectivity index (χ0) is 27.8. The average molecular weight is 522 g/mol. The first-order chi connectivity index (χ1) is 18.9. The van der Waals surface area contributed by atoms with E-state index < -0.39 is 0 Å². The molecule has 4 aromatic carbocycles. The summed E-state index contributed by atoms with van der Waals surface area (Å²) < 4.78 is 11.3. The van der Waals surface area contributed by atoms with Crippen LogP contribution in [0.15, 0.2) is 97.1 Å². The molecule has 39 heavy (non-hydrogen) atoms. The highest BCUT2D eigenvalue weighted by Gasteiger charge is 2.30. The van der Waals surface area contributed by atoms with Crippen molar-refractivity contribution in [2.75, 3.05) is 13.7 Å². The highest BCUT2D eigenvalue weighted by Crippen LogP contribution is 2.40. The minimum Gasteiger partial charge on any atom is -0.496 e. The molecule has 0 aromatic heterocycles. The maximum absolute atomic E-state index is 13.1. The number of carbonyl (C=O) groups excluding carboxylic acids is 1. The molecule has 0 aliphatic carbocycles. The molecule has 0 N–H and O–H groups in total. The van der Waals surface area contributed by atoms with Crippen LogP contribution in [0, 0.1) is 13.8 Å². The predicted octanol–water partition coefficient (Wildman–Crippen LogP) is 8.24. The van der Waals surface area contributed by atoms with Crippen molar-refractivity contribution in [1.82, 2.24) is 4.90 Å². The number of aryl methyl sites for hydroxylation is 2. The fourth-order valence-electron chi connectivity index (χ4n) is 5.41. The SMILES string of the molecule is CCOC(=O)CC(c1ccc(OC)c(-c2c(C)cccc2C)c1)N(Cc1ccccc1)C(C)c1ccccc1. The van der Waals surface area contributed by atoms with Gasteiger partial charge in [0.2, 0.25) is 0 Å². The van der Waals surface area contributed by atoms with Gasteiger partial charge in [0, 0.05) is 24.2 Å². The van der Waals surface area contributed by atoms with Crippen molar-refractivity contribution in [3.05, 3.63) is 125 Å². The fraction of sp³-hybridized carbons (Fsp3) is 0.286. The third-order valence-electron chi connectivity index (χ3n) is 7.41. The lowest BCUT2D eigenvalue weighted by molar-refractivity contribution is -0.145. The molecule has 202 valence electrons. The molecule has 0 aliphatic rings. The van der Waals surface area contributed by atoms with Crippen molar-refractivity contribution >= 4 is 5.97 Å². The maximum Gasteiger partial charge on any atom is 0.307 e. The highest BCUT2D eigenvalue weighted by molar-refractivity contribution is 5.77. The molecule has 4 nitrogen and oxygen atoms in total. The standard InChI is InChI=1S/C35H39NO3/c1-6-39-34(37)23-32(30-20-21-33(38-5)31(22-30)35-25(2)14-13-15-26(35)3)36(24-28-16-9-7-10-17-28)27(4)29-18-11-8-12-19-29/h7-22,27,32H,6,23-24H2,1-5H3.